The van der Waals surface area contributed by atoms with Crippen molar-refractivity contribution in [2.75, 3.05) is 0 Å². The van der Waals surface area contributed by atoms with Crippen molar-refractivity contribution in [2.24, 2.45) is 0 Å². The summed E-state index contributed by atoms with van der Waals surface area (Å²) < 4.78 is 1.90. The van der Waals surface area contributed by atoms with Gasteiger partial charge in [-0.25, -0.2) is 4.98 Å². The van der Waals surface area contributed by atoms with Crippen molar-refractivity contribution in [3.05, 3.63) is 110 Å². The summed E-state index contributed by atoms with van der Waals surface area (Å²) in [7, 11) is 0. The summed E-state index contributed by atoms with van der Waals surface area (Å²) in [6.45, 7) is 0.266. The molecule has 0 saturated carbocycles. The van der Waals surface area contributed by atoms with Crippen LogP contribution in [-0.2, 0) is 11.3 Å². The monoisotopic (exact) mass is 521 g/mol. The van der Waals surface area contributed by atoms with Gasteiger partial charge in [0.2, 0.25) is 0 Å². The summed E-state index contributed by atoms with van der Waals surface area (Å²) in [5.74, 6) is -0.261. The summed E-state index contributed by atoms with van der Waals surface area (Å²) in [5.41, 5.74) is 1.43. The maximum atomic E-state index is 13.4. The molecule has 3 heterocycles. The first kappa shape index (κ1) is 22.9. The van der Waals surface area contributed by atoms with E-state index in [9.17, 15) is 9.59 Å². The van der Waals surface area contributed by atoms with Gasteiger partial charge in [-0.3, -0.25) is 18.9 Å². The van der Waals surface area contributed by atoms with E-state index in [1.807, 2.05) is 54.6 Å². The minimum Gasteiger partial charge on any atom is -0.288 e. The lowest BCUT2D eigenvalue weighted by atomic mass is 10.2. The average molecular weight is 522 g/mol. The van der Waals surface area contributed by atoms with Crippen molar-refractivity contribution >= 4 is 69.3 Å². The maximum Gasteiger partial charge on any atom is 0.266 e. The third-order valence-corrected chi connectivity index (χ3v) is 7.89. The average Bonchev–Trinajstić information content (AvgIpc) is 3.11. The number of benzene rings is 2. The molecule has 9 heteroatoms. The lowest BCUT2D eigenvalue weighted by molar-refractivity contribution is -0.122. The number of nitrogens with zero attached hydrogens (tertiary/aromatic N) is 3. The van der Waals surface area contributed by atoms with Gasteiger partial charge in [0.25, 0.3) is 11.5 Å². The Morgan fingerprint density at radius 2 is 1.74 bits per heavy atom. The largest absolute Gasteiger partial charge is 0.288 e. The van der Waals surface area contributed by atoms with E-state index in [0.717, 1.165) is 10.5 Å². The van der Waals surface area contributed by atoms with Gasteiger partial charge in [-0.1, -0.05) is 89.8 Å². The van der Waals surface area contributed by atoms with E-state index in [-0.39, 0.29) is 18.0 Å². The smallest absolute Gasteiger partial charge is 0.266 e. The Morgan fingerprint density at radius 3 is 2.53 bits per heavy atom. The summed E-state index contributed by atoms with van der Waals surface area (Å²) in [6.07, 6.45) is 3.27. The van der Waals surface area contributed by atoms with Crippen LogP contribution in [0.3, 0.4) is 0 Å². The van der Waals surface area contributed by atoms with E-state index in [2.05, 4.69) is 0 Å². The topological polar surface area (TPSA) is 54.7 Å². The van der Waals surface area contributed by atoms with Gasteiger partial charge in [-0.15, -0.1) is 0 Å². The zero-order chi connectivity index (χ0) is 23.7. The molecular formula is C25H16ClN3O2S3. The molecule has 0 aliphatic carbocycles. The summed E-state index contributed by atoms with van der Waals surface area (Å²) in [5, 5.41) is 1.10. The molecule has 34 heavy (non-hydrogen) atoms. The van der Waals surface area contributed by atoms with Gasteiger partial charge in [0, 0.05) is 16.1 Å². The first-order valence-corrected chi connectivity index (χ1v) is 12.7. The number of pyridine rings is 1. The quantitative estimate of drug-likeness (QED) is 0.185. The van der Waals surface area contributed by atoms with Crippen molar-refractivity contribution in [3.63, 3.8) is 0 Å². The highest BCUT2D eigenvalue weighted by molar-refractivity contribution is 8.26. The Hall–Kier alpha value is -2.91. The van der Waals surface area contributed by atoms with E-state index < -0.39 is 0 Å². The van der Waals surface area contributed by atoms with E-state index >= 15 is 0 Å². The molecule has 2 aromatic heterocycles. The van der Waals surface area contributed by atoms with Crippen molar-refractivity contribution in [1.29, 1.82) is 0 Å². The number of thiocarbonyl (C=S) groups is 1. The summed E-state index contributed by atoms with van der Waals surface area (Å²) in [6, 6.07) is 22.4. The number of carbonyl (C=O) groups is 1. The molecule has 0 unspecified atom stereocenters. The number of halogens is 1. The maximum absolute atomic E-state index is 13.4. The third kappa shape index (κ3) is 4.54. The summed E-state index contributed by atoms with van der Waals surface area (Å²) in [4.78, 5) is 34.2. The molecule has 0 spiro atoms. The van der Waals surface area contributed by atoms with Crippen LogP contribution >= 0.6 is 47.3 Å². The predicted octanol–water partition coefficient (Wildman–Crippen LogP) is 5.90. The molecule has 1 aliphatic heterocycles. The fourth-order valence-electron chi connectivity index (χ4n) is 3.45. The van der Waals surface area contributed by atoms with E-state index in [0.29, 0.717) is 30.5 Å². The normalized spacial score (nSPS) is 15.0. The number of fused-ring (bicyclic) bond motifs is 1. The van der Waals surface area contributed by atoms with Crippen LogP contribution in [0, 0.1) is 0 Å². The number of aromatic nitrogens is 2. The molecule has 0 bridgehead atoms. The minimum atomic E-state index is -0.261. The molecule has 0 radical (unpaired) electrons. The van der Waals surface area contributed by atoms with Gasteiger partial charge in [0.15, 0.2) is 0 Å². The van der Waals surface area contributed by atoms with Gasteiger partial charge >= 0.3 is 0 Å². The molecule has 168 valence electrons. The highest BCUT2D eigenvalue weighted by Gasteiger charge is 2.33. The van der Waals surface area contributed by atoms with Crippen molar-refractivity contribution in [3.8, 4) is 0 Å². The van der Waals surface area contributed by atoms with Crippen molar-refractivity contribution in [1.82, 2.24) is 14.3 Å². The zero-order valence-corrected chi connectivity index (χ0v) is 20.8. The number of hydrogen-bond acceptors (Lipinski definition) is 6. The molecule has 5 nitrogen and oxygen atoms in total. The minimum absolute atomic E-state index is 0.250. The Balaban J connectivity index is 1.56. The molecule has 5 rings (SSSR count). The Kier molecular flexibility index (Phi) is 6.56. The molecule has 1 amide bonds. The second kappa shape index (κ2) is 9.76. The Bertz CT molecular complexity index is 1520. The lowest BCUT2D eigenvalue weighted by Crippen LogP contribution is -2.27. The first-order valence-electron chi connectivity index (χ1n) is 10.2. The number of rotatable bonds is 5. The second-order valence-electron chi connectivity index (χ2n) is 7.34. The van der Waals surface area contributed by atoms with Gasteiger partial charge in [-0.2, -0.15) is 0 Å². The van der Waals surface area contributed by atoms with Gasteiger partial charge in [0.05, 0.1) is 17.0 Å². The second-order valence-corrected chi connectivity index (χ2v) is 10.5. The SMILES string of the molecule is O=C1/C(=C\c2c(Sc3ccccc3)nc3ccccn3c2=O)SC(=S)N1Cc1ccccc1Cl. The Labute approximate surface area is 214 Å². The van der Waals surface area contributed by atoms with Crippen LogP contribution in [0.4, 0.5) is 0 Å². The van der Waals surface area contributed by atoms with E-state index in [1.165, 1.54) is 32.8 Å². The van der Waals surface area contributed by atoms with E-state index in [4.69, 9.17) is 28.8 Å². The number of carbonyl (C=O) groups excluding carboxylic acids is 1. The highest BCUT2D eigenvalue weighted by atomic mass is 35.5. The zero-order valence-electron chi connectivity index (χ0n) is 17.6. The Morgan fingerprint density at radius 1 is 1.00 bits per heavy atom. The van der Waals surface area contributed by atoms with Crippen LogP contribution in [0.2, 0.25) is 5.02 Å². The molecule has 0 N–H and O–H groups in total. The number of thioether (sulfide) groups is 1. The third-order valence-electron chi connectivity index (χ3n) is 5.13. The number of amides is 1. The molecule has 0 atom stereocenters. The van der Waals surface area contributed by atoms with Gasteiger partial charge in [-0.05, 0) is 42.0 Å². The van der Waals surface area contributed by atoms with Crippen LogP contribution < -0.4 is 5.56 Å². The first-order chi connectivity index (χ1) is 16.5. The lowest BCUT2D eigenvalue weighted by Gasteiger charge is -2.15. The van der Waals surface area contributed by atoms with Crippen molar-refractivity contribution in [2.45, 2.75) is 16.5 Å². The highest BCUT2D eigenvalue weighted by Crippen LogP contribution is 2.36. The molecular weight excluding hydrogens is 506 g/mol. The van der Waals surface area contributed by atoms with Crippen molar-refractivity contribution < 1.29 is 4.79 Å². The van der Waals surface area contributed by atoms with Crippen LogP contribution in [0.25, 0.3) is 11.7 Å². The summed E-state index contributed by atoms with van der Waals surface area (Å²) >= 11 is 14.3. The standard InChI is InChI=1S/C25H16ClN3O2S3/c26-19-11-5-4-8-16(19)15-29-24(31)20(34-25(29)32)14-18-22(33-17-9-2-1-3-10-17)27-21-12-6-7-13-28(21)23(18)30/h1-14H,15H2/b20-14+. The molecule has 1 fully saturated rings. The van der Waals surface area contributed by atoms with Crippen LogP contribution in [0.5, 0.6) is 0 Å². The van der Waals surface area contributed by atoms with E-state index in [1.54, 1.807) is 30.5 Å². The molecule has 4 aromatic rings. The molecule has 2 aromatic carbocycles. The van der Waals surface area contributed by atoms with Crippen LogP contribution in [0.1, 0.15) is 11.1 Å². The predicted molar refractivity (Wildman–Crippen MR) is 142 cm³/mol. The molecule has 1 aliphatic rings. The van der Waals surface area contributed by atoms with Gasteiger partial charge < -0.3 is 0 Å². The number of hydrogen-bond donors (Lipinski definition) is 0. The fourth-order valence-corrected chi connectivity index (χ4v) is 5.79. The van der Waals surface area contributed by atoms with Gasteiger partial charge in [0.1, 0.15) is 15.0 Å². The fraction of sp³-hybridized carbons (Fsp3) is 0.0400. The molecule has 1 saturated heterocycles. The van der Waals surface area contributed by atoms with Crippen LogP contribution in [0.15, 0.2) is 98.6 Å². The van der Waals surface area contributed by atoms with Crippen LogP contribution in [-0.4, -0.2) is 24.5 Å².